The number of ether oxygens (including phenoxy) is 10. The van der Waals surface area contributed by atoms with Gasteiger partial charge in [-0.1, -0.05) is 104 Å². The van der Waals surface area contributed by atoms with Crippen LogP contribution in [0.5, 0.6) is 0 Å². The van der Waals surface area contributed by atoms with Gasteiger partial charge < -0.3 is 131 Å². The maximum absolute atomic E-state index is 13.7. The van der Waals surface area contributed by atoms with Gasteiger partial charge in [0.1, 0.15) is 48.6 Å². The number of hydrogen-bond donors (Lipinski definition) is 16. The van der Waals surface area contributed by atoms with E-state index < -0.39 is 143 Å². The normalized spacial score (nSPS) is 25.3. The second kappa shape index (κ2) is 65.7. The number of amides is 5. The Labute approximate surface area is 614 Å². The van der Waals surface area contributed by atoms with Crippen LogP contribution in [0.2, 0.25) is 0 Å². The standard InChI is InChI=1S/C53H97N5O24.C7H18NO4P.2C2H6.4CH4/c1-33-44(67)47(70)36(27-59)80-50(33)77-20-9-16-54-39(62)12-23-74-30-53(58-43(66)26-42(65)57-15-7-5-6-8-19-73-4,31-75-24-13-40(63)55-17-10-21-78-51-34(2)45(68)48(71)37(28-60)81-51)32-76-25-14-41(64)56-18-11-22-79-52-35(3)46(69)49(72)38(29-61)82-52;1-11-13(9,10)12-7-5-3-2-4-6-8;2*1-2;;;;/h33-38,44-52,59-61,67-72H,5-32H2,1-4H3,(H,54,62)(H,55,63)(H,56,64)(H,57,65)(H,58,66);2-8H2,1H3,(H,9,10);2*1-2H3;4*1H4/t33?,34?,35?,36?,37?,38?,44-,45-,46-,47+,48+,49+,50-,51-,52-,53?;;;;;;;/m1......./s1. The molecule has 3 fully saturated rings. The molecule has 17 N–H and O–H groups in total. The van der Waals surface area contributed by atoms with E-state index in [1.807, 2.05) is 27.7 Å². The Morgan fingerprint density at radius 3 is 1.09 bits per heavy atom. The van der Waals surface area contributed by atoms with E-state index in [0.29, 0.717) is 45.4 Å². The van der Waals surface area contributed by atoms with Crippen LogP contribution in [0, 0.1) is 17.8 Å². The van der Waals surface area contributed by atoms with E-state index in [1.54, 1.807) is 27.9 Å². The van der Waals surface area contributed by atoms with Crippen LogP contribution in [0.1, 0.15) is 174 Å². The van der Waals surface area contributed by atoms with Gasteiger partial charge in [0, 0.05) is 84.0 Å². The SMILES string of the molecule is C.C.C.C.CC.CC.COCCCCCCNC(=O)CC(=O)NC(COCCC(=O)NCCCO[C@@H]1OC(CO)[C@H](O)[C@H](O)C1C)(COCCC(=O)NCCCO[C@@H]1OC(CO)[C@H](O)[C@H](O)C1C)COCCC(=O)NCCCO[C@@H]1OC(CO)[C@H](O)[C@H](O)C1C.COP(=O)(O)OCCCCCCN. The number of carbonyl (C=O) groups is 5. The number of nitrogens with one attached hydrogen (secondary N) is 5. The molecule has 5 amide bonds. The van der Waals surface area contributed by atoms with Crippen molar-refractivity contribution in [3.8, 4) is 0 Å². The highest BCUT2D eigenvalue weighted by atomic mass is 31.2. The van der Waals surface area contributed by atoms with Gasteiger partial charge in [0.15, 0.2) is 18.9 Å². The Morgan fingerprint density at radius 1 is 0.437 bits per heavy atom. The minimum atomic E-state index is -3.75. The van der Waals surface area contributed by atoms with Crippen molar-refractivity contribution in [2.75, 3.05) is 139 Å². The first-order valence-corrected chi connectivity index (χ1v) is 36.5. The van der Waals surface area contributed by atoms with Gasteiger partial charge >= 0.3 is 7.82 Å². The third-order valence-electron chi connectivity index (χ3n) is 15.8. The lowest BCUT2D eigenvalue weighted by Gasteiger charge is -2.40. The topological polar surface area (TPSA) is 502 Å². The zero-order chi connectivity index (χ0) is 74.6. The number of hydrogen-bond acceptors (Lipinski definition) is 28. The average Bonchev–Trinajstić information content (AvgIpc) is 0.839. The minimum absolute atomic E-state index is 0. The van der Waals surface area contributed by atoms with Crippen LogP contribution >= 0.6 is 7.82 Å². The summed E-state index contributed by atoms with van der Waals surface area (Å²) >= 11 is 0. The van der Waals surface area contributed by atoms with Crippen molar-refractivity contribution in [2.24, 2.45) is 23.5 Å². The van der Waals surface area contributed by atoms with Gasteiger partial charge in [-0.25, -0.2) is 4.57 Å². The molecule has 0 aromatic carbocycles. The highest BCUT2D eigenvalue weighted by Gasteiger charge is 2.45. The summed E-state index contributed by atoms with van der Waals surface area (Å²) in [5, 5.41) is 104. The molecule has 0 bridgehead atoms. The predicted molar refractivity (Wildman–Crippen MR) is 387 cm³/mol. The van der Waals surface area contributed by atoms with Crippen LogP contribution in [-0.4, -0.2) is 299 Å². The Balaban J connectivity index is -0.00000136. The summed E-state index contributed by atoms with van der Waals surface area (Å²) in [6, 6.07) is 0. The summed E-state index contributed by atoms with van der Waals surface area (Å²) in [4.78, 5) is 74.1. The third kappa shape index (κ3) is 46.6. The van der Waals surface area contributed by atoms with E-state index in [-0.39, 0.29) is 152 Å². The Morgan fingerprint density at radius 2 is 0.757 bits per heavy atom. The second-order valence-corrected chi connectivity index (χ2v) is 25.3. The van der Waals surface area contributed by atoms with Gasteiger partial charge in [0.05, 0.1) is 104 Å². The number of methoxy groups -OCH3 is 1. The number of phosphoric acid groups is 1. The molecule has 0 aliphatic carbocycles. The first-order valence-electron chi connectivity index (χ1n) is 35.0. The Kier molecular flexibility index (Phi) is 69.1. The van der Waals surface area contributed by atoms with Crippen LogP contribution < -0.4 is 32.3 Å². The van der Waals surface area contributed by atoms with Gasteiger partial charge in [0.25, 0.3) is 0 Å². The predicted octanol–water partition coefficient (Wildman–Crippen LogP) is 1.43. The molecule has 7 unspecified atom stereocenters. The van der Waals surface area contributed by atoms with E-state index in [0.717, 1.165) is 52.1 Å². The molecule has 0 spiro atoms. The van der Waals surface area contributed by atoms with Crippen molar-refractivity contribution in [2.45, 2.75) is 254 Å². The third-order valence-corrected chi connectivity index (χ3v) is 16.8. The largest absolute Gasteiger partial charge is 0.471 e. The molecule has 0 radical (unpaired) electrons. The van der Waals surface area contributed by atoms with Crippen molar-refractivity contribution in [3.05, 3.63) is 0 Å². The van der Waals surface area contributed by atoms with E-state index in [1.165, 1.54) is 0 Å². The van der Waals surface area contributed by atoms with Crippen LogP contribution in [0.3, 0.4) is 0 Å². The molecular formula is C68H143N6O28P. The first-order chi connectivity index (χ1) is 47.4. The lowest BCUT2D eigenvalue weighted by Crippen LogP contribution is -2.59. The van der Waals surface area contributed by atoms with Gasteiger partial charge in [-0.15, -0.1) is 0 Å². The molecule has 618 valence electrons. The van der Waals surface area contributed by atoms with Crippen LogP contribution in [0.15, 0.2) is 0 Å². The quantitative estimate of drug-likeness (QED) is 0.0233. The lowest BCUT2D eigenvalue weighted by molar-refractivity contribution is -0.282. The fourth-order valence-corrected chi connectivity index (χ4v) is 10.3. The number of nitrogens with two attached hydrogens (primary N) is 1. The summed E-state index contributed by atoms with van der Waals surface area (Å²) in [6.45, 7) is 12.9. The molecule has 0 aromatic heterocycles. The molecule has 3 rings (SSSR count). The van der Waals surface area contributed by atoms with E-state index >= 15 is 0 Å². The zero-order valence-corrected chi connectivity index (χ0v) is 60.9. The van der Waals surface area contributed by atoms with Gasteiger partial charge in [-0.05, 0) is 51.5 Å². The first kappa shape index (κ1) is 108. The molecule has 0 saturated carbocycles. The molecular weight excluding hydrogens is 1380 g/mol. The zero-order valence-electron chi connectivity index (χ0n) is 60.0. The summed E-state index contributed by atoms with van der Waals surface area (Å²) in [7, 11) is -0.981. The van der Waals surface area contributed by atoms with Crippen molar-refractivity contribution in [1.29, 1.82) is 0 Å². The van der Waals surface area contributed by atoms with Gasteiger partial charge in [0.2, 0.25) is 29.5 Å². The molecule has 3 aliphatic rings. The second-order valence-electron chi connectivity index (χ2n) is 23.8. The number of phosphoric ester groups is 1. The monoisotopic (exact) mass is 1520 g/mol. The molecule has 103 heavy (non-hydrogen) atoms. The fourth-order valence-electron chi connectivity index (χ4n) is 9.86. The number of aliphatic hydroxyl groups is 9. The lowest BCUT2D eigenvalue weighted by atomic mass is 9.92. The highest BCUT2D eigenvalue weighted by molar-refractivity contribution is 7.47. The molecule has 0 aromatic rings. The minimum Gasteiger partial charge on any atom is -0.394 e. The maximum Gasteiger partial charge on any atom is 0.471 e. The molecule has 3 heterocycles. The van der Waals surface area contributed by atoms with Gasteiger partial charge in [-0.2, -0.15) is 0 Å². The van der Waals surface area contributed by atoms with Crippen molar-refractivity contribution < 1.29 is 136 Å². The average molecular weight is 1520 g/mol. The molecule has 35 heteroatoms. The number of aliphatic hydroxyl groups excluding tert-OH is 9. The molecule has 3 aliphatic heterocycles. The van der Waals surface area contributed by atoms with E-state index in [9.17, 15) is 74.5 Å². The maximum atomic E-state index is 13.7. The number of carbonyl (C=O) groups excluding carboxylic acids is 5. The van der Waals surface area contributed by atoms with Gasteiger partial charge in [-0.3, -0.25) is 33.0 Å². The van der Waals surface area contributed by atoms with Crippen molar-refractivity contribution in [3.63, 3.8) is 0 Å². The highest BCUT2D eigenvalue weighted by Crippen LogP contribution is 2.42. The Hall–Kier alpha value is -3.34. The Bertz CT molecular complexity index is 1960. The summed E-state index contributed by atoms with van der Waals surface area (Å²) in [6.07, 6.45) is -5.85. The summed E-state index contributed by atoms with van der Waals surface area (Å²) in [5.41, 5.74) is 3.77. The van der Waals surface area contributed by atoms with Crippen LogP contribution in [-0.2, 0) is 85.0 Å². The van der Waals surface area contributed by atoms with Crippen LogP contribution in [0.25, 0.3) is 0 Å². The fraction of sp³-hybridized carbons (Fsp3) is 0.926. The van der Waals surface area contributed by atoms with E-state index in [4.69, 9.17) is 58.0 Å². The molecule has 34 nitrogen and oxygen atoms in total. The number of rotatable bonds is 51. The van der Waals surface area contributed by atoms with Crippen molar-refractivity contribution in [1.82, 2.24) is 26.6 Å². The van der Waals surface area contributed by atoms with E-state index in [2.05, 4.69) is 35.6 Å². The van der Waals surface area contributed by atoms with Crippen LogP contribution in [0.4, 0.5) is 0 Å². The molecule has 16 atom stereocenters. The summed E-state index contributed by atoms with van der Waals surface area (Å²) < 4.78 is 76.5. The number of unbranched alkanes of at least 4 members (excludes halogenated alkanes) is 6. The molecule has 3 saturated heterocycles. The smallest absolute Gasteiger partial charge is 0.394 e. The van der Waals surface area contributed by atoms with Crippen molar-refractivity contribution >= 4 is 37.4 Å². The summed E-state index contributed by atoms with van der Waals surface area (Å²) in [5.74, 6) is -4.15.